The summed E-state index contributed by atoms with van der Waals surface area (Å²) in [5, 5.41) is 8.05. The molecule has 0 aliphatic carbocycles. The van der Waals surface area contributed by atoms with Gasteiger partial charge in [-0.3, -0.25) is 9.11 Å². The molecule has 0 fully saturated rings. The minimum Gasteiger partial charge on any atom is -0.439 e. The zero-order chi connectivity index (χ0) is 32.5. The number of oxazole rings is 1. The first-order valence-electron chi connectivity index (χ1n) is 14.4. The molecule has 0 atom stereocenters. The molecule has 0 bridgehead atoms. The van der Waals surface area contributed by atoms with Crippen LogP contribution in [0.25, 0.3) is 39.4 Å². The number of nitrogens with zero attached hydrogens (tertiary/aromatic N) is 2. The zero-order valence-corrected chi connectivity index (χ0v) is 28.0. The lowest BCUT2D eigenvalue weighted by atomic mass is 10.1. The van der Waals surface area contributed by atoms with Crippen LogP contribution in [0.15, 0.2) is 92.0 Å². The van der Waals surface area contributed by atoms with Crippen molar-refractivity contribution in [3.05, 3.63) is 93.5 Å². The summed E-state index contributed by atoms with van der Waals surface area (Å²) in [6.45, 7) is 2.20. The Morgan fingerprint density at radius 3 is 2.20 bits per heavy atom. The molecular weight excluding hydrogens is 669 g/mol. The van der Waals surface area contributed by atoms with Gasteiger partial charge in [0, 0.05) is 25.1 Å². The molecule has 1 aliphatic heterocycles. The Kier molecular flexibility index (Phi) is 9.19. The van der Waals surface area contributed by atoms with Crippen molar-refractivity contribution < 1.29 is 39.7 Å². The first-order chi connectivity index (χ1) is 22.0. The molecule has 0 saturated carbocycles. The number of allylic oxidation sites excluding steroid dienone is 2. The van der Waals surface area contributed by atoms with Crippen LogP contribution < -0.4 is 14.2 Å². The lowest BCUT2D eigenvalue weighted by Gasteiger charge is -2.18. The molecule has 6 rings (SSSR count). The first-order valence-corrected chi connectivity index (χ1v) is 19.5. The van der Waals surface area contributed by atoms with Gasteiger partial charge in [0.1, 0.15) is 0 Å². The van der Waals surface area contributed by atoms with Crippen LogP contribution in [0.2, 0.25) is 0 Å². The monoisotopic (exact) mass is 699 g/mol. The maximum Gasteiger partial charge on any atom is 0.374 e. The molecule has 0 spiro atoms. The van der Waals surface area contributed by atoms with Gasteiger partial charge in [-0.1, -0.05) is 19.1 Å². The second kappa shape index (κ2) is 13.1. The number of aromatic nitrogens is 1. The van der Waals surface area contributed by atoms with Crippen LogP contribution in [0.5, 0.6) is 5.75 Å². The Labute approximate surface area is 275 Å². The Balaban J connectivity index is 1.40. The Bertz CT molecular complexity index is 2150. The molecule has 0 radical (unpaired) electrons. The van der Waals surface area contributed by atoms with Gasteiger partial charge in [-0.2, -0.15) is 44.1 Å². The van der Waals surface area contributed by atoms with Gasteiger partial charge in [-0.05, 0) is 86.1 Å². The quantitative estimate of drug-likeness (QED) is 0.105. The number of anilines is 1. The van der Waals surface area contributed by atoms with Crippen LogP contribution in [-0.4, -0.2) is 44.0 Å². The summed E-state index contributed by atoms with van der Waals surface area (Å²) in [5.74, 6) is 0.530. The number of thiophene rings is 2. The average Bonchev–Trinajstić information content (AvgIpc) is 3.81. The number of hydrogen-bond donors (Lipinski definition) is 2. The van der Waals surface area contributed by atoms with Gasteiger partial charge in [0.05, 0.1) is 23.3 Å². The summed E-state index contributed by atoms with van der Waals surface area (Å²) in [5.41, 5.74) is 6.87. The van der Waals surface area contributed by atoms with Crippen LogP contribution in [0.4, 0.5) is 5.69 Å². The number of hydrogen-bond acceptors (Lipinski definition) is 9. The van der Waals surface area contributed by atoms with Crippen molar-refractivity contribution in [2.75, 3.05) is 23.0 Å². The largest absolute Gasteiger partial charge is 0.439 e. The highest BCUT2D eigenvalue weighted by atomic mass is 32.2. The highest BCUT2D eigenvalue weighted by Crippen LogP contribution is 2.42. The molecule has 240 valence electrons. The molecule has 46 heavy (non-hydrogen) atoms. The Hall–Kier alpha value is -3.79. The SMILES string of the molecule is CCC(/C=C1\Oc2ccc(-c3ccsc3)cc2N1CCS(=O)(=O)O)=C\c1oc2ccc(-c3ccsc3)cc2[n+]1CCCS(=O)(=O)O. The van der Waals surface area contributed by atoms with Crippen molar-refractivity contribution in [2.45, 2.75) is 26.3 Å². The molecule has 4 heterocycles. The summed E-state index contributed by atoms with van der Waals surface area (Å²) in [6, 6.07) is 15.6. The summed E-state index contributed by atoms with van der Waals surface area (Å²) >= 11 is 3.16. The van der Waals surface area contributed by atoms with E-state index in [0.717, 1.165) is 33.3 Å². The predicted molar refractivity (Wildman–Crippen MR) is 181 cm³/mol. The van der Waals surface area contributed by atoms with Gasteiger partial charge in [0.25, 0.3) is 25.8 Å². The second-order valence-corrected chi connectivity index (χ2v) is 15.4. The minimum absolute atomic E-state index is 0.0343. The fraction of sp³-hybridized carbons (Fsp3) is 0.219. The first kappa shape index (κ1) is 32.2. The minimum atomic E-state index is -4.25. The van der Waals surface area contributed by atoms with Crippen molar-refractivity contribution in [2.24, 2.45) is 0 Å². The van der Waals surface area contributed by atoms with Crippen LogP contribution in [0.3, 0.4) is 0 Å². The van der Waals surface area contributed by atoms with E-state index < -0.39 is 31.7 Å². The predicted octanol–water partition coefficient (Wildman–Crippen LogP) is 6.88. The molecular formula is C32H31N2O8S4+. The smallest absolute Gasteiger partial charge is 0.374 e. The van der Waals surface area contributed by atoms with Gasteiger partial charge in [-0.25, -0.2) is 0 Å². The normalized spacial score (nSPS) is 14.7. The van der Waals surface area contributed by atoms with Crippen molar-refractivity contribution in [3.63, 3.8) is 0 Å². The summed E-state index contributed by atoms with van der Waals surface area (Å²) in [4.78, 5) is 1.73. The number of benzene rings is 2. The van der Waals surface area contributed by atoms with Crippen molar-refractivity contribution in [1.29, 1.82) is 0 Å². The van der Waals surface area contributed by atoms with E-state index in [4.69, 9.17) is 9.15 Å². The van der Waals surface area contributed by atoms with Crippen LogP contribution in [0.1, 0.15) is 25.7 Å². The molecule has 5 aromatic rings. The number of fused-ring (bicyclic) bond motifs is 2. The van der Waals surface area contributed by atoms with E-state index in [2.05, 4.69) is 0 Å². The van der Waals surface area contributed by atoms with E-state index in [1.807, 2.05) is 87.6 Å². The van der Waals surface area contributed by atoms with Gasteiger partial charge in [-0.15, -0.1) is 0 Å². The van der Waals surface area contributed by atoms with Gasteiger partial charge >= 0.3 is 5.89 Å². The molecule has 3 aromatic heterocycles. The Morgan fingerprint density at radius 1 is 0.891 bits per heavy atom. The summed E-state index contributed by atoms with van der Waals surface area (Å²) in [7, 11) is -8.40. The molecule has 0 unspecified atom stereocenters. The van der Waals surface area contributed by atoms with Crippen LogP contribution >= 0.6 is 22.7 Å². The topological polar surface area (TPSA) is 138 Å². The lowest BCUT2D eigenvalue weighted by Crippen LogP contribution is -2.36. The van der Waals surface area contributed by atoms with Crippen molar-refractivity contribution in [3.8, 4) is 28.0 Å². The van der Waals surface area contributed by atoms with E-state index in [1.165, 1.54) is 0 Å². The van der Waals surface area contributed by atoms with E-state index in [9.17, 15) is 25.9 Å². The van der Waals surface area contributed by atoms with Crippen molar-refractivity contribution >= 4 is 65.8 Å². The third kappa shape index (κ3) is 7.43. The molecule has 0 amide bonds. The van der Waals surface area contributed by atoms with E-state index in [-0.39, 0.29) is 19.5 Å². The van der Waals surface area contributed by atoms with E-state index in [0.29, 0.717) is 35.2 Å². The average molecular weight is 700 g/mol. The molecule has 10 nitrogen and oxygen atoms in total. The third-order valence-corrected chi connectivity index (χ3v) is 10.4. The van der Waals surface area contributed by atoms with Crippen molar-refractivity contribution in [1.82, 2.24) is 0 Å². The number of rotatable bonds is 12. The fourth-order valence-electron chi connectivity index (χ4n) is 5.27. The molecule has 0 saturated heterocycles. The molecule has 2 aromatic carbocycles. The van der Waals surface area contributed by atoms with Gasteiger partial charge in [0.15, 0.2) is 12.3 Å². The fourth-order valence-corrected chi connectivity index (χ4v) is 7.51. The molecule has 14 heteroatoms. The van der Waals surface area contributed by atoms with Gasteiger partial charge in [0.2, 0.25) is 11.5 Å². The number of aryl methyl sites for hydroxylation is 1. The van der Waals surface area contributed by atoms with Crippen LogP contribution in [-0.2, 0) is 26.8 Å². The van der Waals surface area contributed by atoms with E-state index in [1.54, 1.807) is 33.6 Å². The highest BCUT2D eigenvalue weighted by Gasteiger charge is 2.29. The summed E-state index contributed by atoms with van der Waals surface area (Å²) in [6.07, 6.45) is 4.37. The highest BCUT2D eigenvalue weighted by molar-refractivity contribution is 7.86. The molecule has 1 aliphatic rings. The van der Waals surface area contributed by atoms with Crippen LogP contribution in [0, 0.1) is 0 Å². The summed E-state index contributed by atoms with van der Waals surface area (Å²) < 4.78 is 79.8. The van der Waals surface area contributed by atoms with Gasteiger partial charge < -0.3 is 14.1 Å². The number of ether oxygens (including phenoxy) is 1. The lowest BCUT2D eigenvalue weighted by molar-refractivity contribution is -0.677. The zero-order valence-electron chi connectivity index (χ0n) is 24.7. The van der Waals surface area contributed by atoms with E-state index >= 15 is 0 Å². The second-order valence-electron chi connectivity index (χ2n) is 10.7. The third-order valence-electron chi connectivity index (χ3n) is 7.55. The maximum absolute atomic E-state index is 11.7. The standard InChI is InChI=1S/C32H30N2O8S4/c1-2-22(17-32-34(11-15-46(38,39)40)28-19-24(5-7-30(28)42-32)26-9-13-44-21-26)16-31-33(10-3-14-45(35,36)37)27-18-23(4-6-29(27)41-31)25-8-12-43-20-25/h4-9,12-13,16-21H,2-3,10-11,14-15H2,1H3,(H-,35,36,37,38,39,40)/p+1. The Morgan fingerprint density at radius 2 is 1.57 bits per heavy atom. The molecule has 2 N–H and O–H groups in total. The maximum atomic E-state index is 11.7.